The summed E-state index contributed by atoms with van der Waals surface area (Å²) < 4.78 is 14.9. The molecule has 0 saturated carbocycles. The molecule has 0 aliphatic carbocycles. The number of thiazole rings is 1. The van der Waals surface area contributed by atoms with Crippen LogP contribution in [0.3, 0.4) is 0 Å². The van der Waals surface area contributed by atoms with Gasteiger partial charge in [-0.2, -0.15) is 9.38 Å². The van der Waals surface area contributed by atoms with Gasteiger partial charge in [0, 0.05) is 17.5 Å². The molecule has 22 heavy (non-hydrogen) atoms. The molecule has 1 aromatic carbocycles. The first-order valence-electron chi connectivity index (χ1n) is 6.34. The quantitative estimate of drug-likeness (QED) is 0.556. The molecular weight excluding hydrogens is 311 g/mol. The Morgan fingerprint density at radius 1 is 1.50 bits per heavy atom. The van der Waals surface area contributed by atoms with Gasteiger partial charge in [-0.3, -0.25) is 0 Å². The van der Waals surface area contributed by atoms with E-state index in [4.69, 9.17) is 0 Å². The third-order valence-electron chi connectivity index (χ3n) is 3.14. The van der Waals surface area contributed by atoms with Gasteiger partial charge in [0.25, 0.3) is 4.96 Å². The number of nitrogens with zero attached hydrogens (tertiary/aromatic N) is 3. The standard InChI is InChI=1S/C13H11FN4O3S/c14-9-4-2-1-3-8(9)10(19)7-15-11-12(18(20)21)17-5-6-22-13(17)16-11/h1-6,10,15,19H,7H2/t10-/m1/s1. The molecule has 0 fully saturated rings. The van der Waals surface area contributed by atoms with Crippen LogP contribution in [0.2, 0.25) is 0 Å². The lowest BCUT2D eigenvalue weighted by molar-refractivity contribution is -0.389. The molecule has 0 amide bonds. The highest BCUT2D eigenvalue weighted by Crippen LogP contribution is 2.28. The molecule has 9 heteroatoms. The van der Waals surface area contributed by atoms with Gasteiger partial charge in [0.2, 0.25) is 5.82 Å². The number of aromatic nitrogens is 2. The van der Waals surface area contributed by atoms with Crippen molar-refractivity contribution < 1.29 is 14.4 Å². The normalized spacial score (nSPS) is 12.5. The van der Waals surface area contributed by atoms with E-state index in [-0.39, 0.29) is 23.7 Å². The van der Waals surface area contributed by atoms with Crippen LogP contribution in [-0.2, 0) is 0 Å². The van der Waals surface area contributed by atoms with Gasteiger partial charge in [-0.05, 0) is 11.0 Å². The zero-order chi connectivity index (χ0) is 15.7. The minimum atomic E-state index is -1.14. The van der Waals surface area contributed by atoms with Crippen LogP contribution in [0, 0.1) is 15.9 Å². The Kier molecular flexibility index (Phi) is 3.73. The van der Waals surface area contributed by atoms with Crippen molar-refractivity contribution in [1.29, 1.82) is 0 Å². The molecule has 2 aromatic heterocycles. The number of hydrogen-bond acceptors (Lipinski definition) is 6. The lowest BCUT2D eigenvalue weighted by atomic mass is 10.1. The van der Waals surface area contributed by atoms with Gasteiger partial charge >= 0.3 is 5.82 Å². The molecule has 0 radical (unpaired) electrons. The second-order valence-electron chi connectivity index (χ2n) is 4.51. The molecule has 0 unspecified atom stereocenters. The predicted octanol–water partition coefficient (Wildman–Crippen LogP) is 2.59. The topological polar surface area (TPSA) is 92.7 Å². The van der Waals surface area contributed by atoms with Crippen molar-refractivity contribution in [2.45, 2.75) is 6.10 Å². The van der Waals surface area contributed by atoms with E-state index in [1.165, 1.54) is 33.9 Å². The summed E-state index contributed by atoms with van der Waals surface area (Å²) >= 11 is 1.26. The minimum Gasteiger partial charge on any atom is -0.386 e. The van der Waals surface area contributed by atoms with Gasteiger partial charge in [-0.1, -0.05) is 29.5 Å². The second kappa shape index (κ2) is 5.70. The van der Waals surface area contributed by atoms with Crippen LogP contribution >= 0.6 is 11.3 Å². The highest BCUT2D eigenvalue weighted by atomic mass is 32.1. The highest BCUT2D eigenvalue weighted by Gasteiger charge is 2.24. The minimum absolute atomic E-state index is 0.0484. The molecule has 0 bridgehead atoms. The van der Waals surface area contributed by atoms with Crippen molar-refractivity contribution in [2.24, 2.45) is 0 Å². The maximum atomic E-state index is 13.6. The predicted molar refractivity (Wildman–Crippen MR) is 79.6 cm³/mol. The summed E-state index contributed by atoms with van der Waals surface area (Å²) in [6.07, 6.45) is 0.407. The lowest BCUT2D eigenvalue weighted by Crippen LogP contribution is -2.14. The average molecular weight is 322 g/mol. The average Bonchev–Trinajstić information content (AvgIpc) is 3.04. The molecule has 0 aliphatic rings. The van der Waals surface area contributed by atoms with Crippen molar-refractivity contribution in [3.63, 3.8) is 0 Å². The molecule has 114 valence electrons. The number of rotatable bonds is 5. The van der Waals surface area contributed by atoms with Crippen LogP contribution in [0.15, 0.2) is 35.8 Å². The van der Waals surface area contributed by atoms with Crippen LogP contribution in [-0.4, -0.2) is 26.0 Å². The fraction of sp³-hybridized carbons (Fsp3) is 0.154. The summed E-state index contributed by atoms with van der Waals surface area (Å²) in [6.45, 7) is -0.0907. The Labute approximate surface area is 127 Å². The molecule has 0 aliphatic heterocycles. The number of fused-ring (bicyclic) bond motifs is 1. The first kappa shape index (κ1) is 14.4. The van der Waals surface area contributed by atoms with Gasteiger partial charge < -0.3 is 20.5 Å². The van der Waals surface area contributed by atoms with E-state index in [9.17, 15) is 19.6 Å². The number of hydrogen-bond donors (Lipinski definition) is 2. The number of aliphatic hydroxyl groups excluding tert-OH is 1. The summed E-state index contributed by atoms with van der Waals surface area (Å²) in [5.74, 6) is -0.693. The monoisotopic (exact) mass is 322 g/mol. The number of anilines is 1. The number of nitrogens with one attached hydrogen (secondary N) is 1. The molecule has 2 heterocycles. The van der Waals surface area contributed by atoms with E-state index in [2.05, 4.69) is 10.3 Å². The number of aliphatic hydroxyl groups is 1. The van der Waals surface area contributed by atoms with Crippen molar-refractivity contribution in [3.8, 4) is 0 Å². The molecular formula is C13H11FN4O3S. The summed E-state index contributed by atoms with van der Waals surface area (Å²) in [4.78, 5) is 15.2. The summed E-state index contributed by atoms with van der Waals surface area (Å²) in [7, 11) is 0. The van der Waals surface area contributed by atoms with Crippen LogP contribution in [0.4, 0.5) is 16.0 Å². The van der Waals surface area contributed by atoms with Crippen LogP contribution in [0.1, 0.15) is 11.7 Å². The van der Waals surface area contributed by atoms with Gasteiger partial charge in [-0.25, -0.2) is 4.39 Å². The largest absolute Gasteiger partial charge is 0.386 e. The third-order valence-corrected chi connectivity index (χ3v) is 3.89. The molecule has 1 atom stereocenters. The second-order valence-corrected chi connectivity index (χ2v) is 5.39. The lowest BCUT2D eigenvalue weighted by Gasteiger charge is -2.12. The number of halogens is 1. The summed E-state index contributed by atoms with van der Waals surface area (Å²) in [5.41, 5.74) is 0.124. The Balaban J connectivity index is 1.82. The van der Waals surface area contributed by atoms with Crippen molar-refractivity contribution in [2.75, 3.05) is 11.9 Å². The Morgan fingerprint density at radius 3 is 3.00 bits per heavy atom. The molecule has 7 nitrogen and oxygen atoms in total. The Bertz CT molecular complexity index is 832. The van der Waals surface area contributed by atoms with E-state index in [0.717, 1.165) is 0 Å². The first-order chi connectivity index (χ1) is 10.6. The van der Waals surface area contributed by atoms with Crippen LogP contribution in [0.25, 0.3) is 4.96 Å². The van der Waals surface area contributed by atoms with E-state index in [1.54, 1.807) is 17.6 Å². The summed E-state index contributed by atoms with van der Waals surface area (Å²) in [5, 5.41) is 25.6. The zero-order valence-corrected chi connectivity index (χ0v) is 12.0. The fourth-order valence-electron chi connectivity index (χ4n) is 2.12. The van der Waals surface area contributed by atoms with Crippen LogP contribution < -0.4 is 5.32 Å². The van der Waals surface area contributed by atoms with E-state index < -0.39 is 16.8 Å². The molecule has 2 N–H and O–H groups in total. The fourth-order valence-corrected chi connectivity index (χ4v) is 2.82. The maximum Gasteiger partial charge on any atom is 0.372 e. The van der Waals surface area contributed by atoms with Crippen molar-refractivity contribution in [3.05, 3.63) is 57.3 Å². The van der Waals surface area contributed by atoms with Crippen LogP contribution in [0.5, 0.6) is 0 Å². The SMILES string of the molecule is O=[N+]([O-])c1c(NC[C@@H](O)c2ccccc2F)nc2sccn12. The van der Waals surface area contributed by atoms with E-state index in [0.29, 0.717) is 4.96 Å². The highest BCUT2D eigenvalue weighted by molar-refractivity contribution is 7.15. The number of nitro groups is 1. The first-order valence-corrected chi connectivity index (χ1v) is 7.22. The van der Waals surface area contributed by atoms with Crippen molar-refractivity contribution in [1.82, 2.24) is 9.38 Å². The van der Waals surface area contributed by atoms with Crippen molar-refractivity contribution >= 4 is 27.9 Å². The van der Waals surface area contributed by atoms with E-state index >= 15 is 0 Å². The van der Waals surface area contributed by atoms with E-state index in [1.807, 2.05) is 0 Å². The van der Waals surface area contributed by atoms with Gasteiger partial charge in [-0.15, -0.1) is 0 Å². The number of benzene rings is 1. The summed E-state index contributed by atoms with van der Waals surface area (Å²) in [6, 6.07) is 5.83. The zero-order valence-electron chi connectivity index (χ0n) is 11.1. The van der Waals surface area contributed by atoms with Gasteiger partial charge in [0.1, 0.15) is 12.0 Å². The van der Waals surface area contributed by atoms with Gasteiger partial charge in [0.15, 0.2) is 0 Å². The molecule has 0 spiro atoms. The smallest absolute Gasteiger partial charge is 0.372 e. The maximum absolute atomic E-state index is 13.6. The number of imidazole rings is 1. The third kappa shape index (κ3) is 2.51. The van der Waals surface area contributed by atoms with Gasteiger partial charge in [0.05, 0.1) is 6.10 Å². The Morgan fingerprint density at radius 2 is 2.27 bits per heavy atom. The molecule has 0 saturated heterocycles. The molecule has 3 rings (SSSR count). The molecule has 3 aromatic rings. The Hall–Kier alpha value is -2.52.